The number of nitrogens with two attached hydrogens (primary N) is 1. The SMILES string of the molecule is NCc1ncc(Cc2ccc(F)cc2F)s1. The van der Waals surface area contributed by atoms with Crippen LogP contribution in [0.25, 0.3) is 0 Å². The largest absolute Gasteiger partial charge is 0.325 e. The topological polar surface area (TPSA) is 38.9 Å². The molecule has 0 unspecified atom stereocenters. The molecule has 0 saturated heterocycles. The van der Waals surface area contributed by atoms with E-state index in [0.29, 0.717) is 18.5 Å². The zero-order valence-electron chi connectivity index (χ0n) is 8.41. The Hall–Kier alpha value is -1.33. The van der Waals surface area contributed by atoms with Gasteiger partial charge in [0, 0.05) is 30.1 Å². The number of hydrogen-bond acceptors (Lipinski definition) is 3. The second kappa shape index (κ2) is 4.67. The Morgan fingerprint density at radius 2 is 2.12 bits per heavy atom. The number of benzene rings is 1. The van der Waals surface area contributed by atoms with Crippen molar-refractivity contribution in [2.24, 2.45) is 5.73 Å². The lowest BCUT2D eigenvalue weighted by Gasteiger charge is -2.00. The molecule has 2 rings (SSSR count). The molecule has 84 valence electrons. The minimum Gasteiger partial charge on any atom is -0.325 e. The summed E-state index contributed by atoms with van der Waals surface area (Å²) in [6.45, 7) is 0.385. The summed E-state index contributed by atoms with van der Waals surface area (Å²) in [5, 5.41) is 0.817. The molecule has 0 aliphatic heterocycles. The molecule has 0 fully saturated rings. The summed E-state index contributed by atoms with van der Waals surface area (Å²) >= 11 is 1.44. The van der Waals surface area contributed by atoms with Crippen molar-refractivity contribution in [2.45, 2.75) is 13.0 Å². The van der Waals surface area contributed by atoms with E-state index < -0.39 is 11.6 Å². The van der Waals surface area contributed by atoms with Crippen LogP contribution in [0.15, 0.2) is 24.4 Å². The van der Waals surface area contributed by atoms with Gasteiger partial charge in [-0.3, -0.25) is 0 Å². The average Bonchev–Trinajstić information content (AvgIpc) is 2.70. The summed E-state index contributed by atoms with van der Waals surface area (Å²) in [6.07, 6.45) is 2.10. The van der Waals surface area contributed by atoms with Gasteiger partial charge in [0.05, 0.1) is 0 Å². The molecule has 1 aromatic heterocycles. The van der Waals surface area contributed by atoms with E-state index in [-0.39, 0.29) is 0 Å². The van der Waals surface area contributed by atoms with Gasteiger partial charge in [-0.25, -0.2) is 13.8 Å². The highest BCUT2D eigenvalue weighted by Gasteiger charge is 2.07. The molecule has 16 heavy (non-hydrogen) atoms. The monoisotopic (exact) mass is 240 g/mol. The Kier molecular flexibility index (Phi) is 3.26. The molecule has 2 N–H and O–H groups in total. The minimum atomic E-state index is -0.562. The molecule has 5 heteroatoms. The zero-order chi connectivity index (χ0) is 11.5. The Morgan fingerprint density at radius 3 is 2.75 bits per heavy atom. The quantitative estimate of drug-likeness (QED) is 0.895. The highest BCUT2D eigenvalue weighted by molar-refractivity contribution is 7.11. The molecule has 2 aromatic rings. The maximum atomic E-state index is 13.3. The van der Waals surface area contributed by atoms with Gasteiger partial charge in [0.25, 0.3) is 0 Å². The van der Waals surface area contributed by atoms with Crippen molar-refractivity contribution >= 4 is 11.3 Å². The van der Waals surface area contributed by atoms with Crippen LogP contribution in [0, 0.1) is 11.6 Å². The summed E-state index contributed by atoms with van der Waals surface area (Å²) in [4.78, 5) is 5.00. The number of thiazole rings is 1. The predicted molar refractivity (Wildman–Crippen MR) is 59.2 cm³/mol. The third-order valence-corrected chi connectivity index (χ3v) is 3.18. The van der Waals surface area contributed by atoms with Crippen molar-refractivity contribution in [3.05, 3.63) is 51.5 Å². The Labute approximate surface area is 95.7 Å². The van der Waals surface area contributed by atoms with Gasteiger partial charge in [-0.1, -0.05) is 6.07 Å². The summed E-state index contributed by atoms with van der Waals surface area (Å²) in [5.74, 6) is -1.09. The van der Waals surface area contributed by atoms with Gasteiger partial charge >= 0.3 is 0 Å². The van der Waals surface area contributed by atoms with E-state index in [1.807, 2.05) is 0 Å². The van der Waals surface area contributed by atoms with Crippen molar-refractivity contribution in [2.75, 3.05) is 0 Å². The molecule has 1 heterocycles. The van der Waals surface area contributed by atoms with Gasteiger partial charge in [0.1, 0.15) is 16.6 Å². The van der Waals surface area contributed by atoms with Crippen molar-refractivity contribution < 1.29 is 8.78 Å². The van der Waals surface area contributed by atoms with E-state index in [2.05, 4.69) is 4.98 Å². The second-order valence-corrected chi connectivity index (χ2v) is 4.54. The van der Waals surface area contributed by atoms with Crippen LogP contribution in [-0.2, 0) is 13.0 Å². The van der Waals surface area contributed by atoms with E-state index in [0.717, 1.165) is 16.0 Å². The van der Waals surface area contributed by atoms with E-state index >= 15 is 0 Å². The van der Waals surface area contributed by atoms with Crippen LogP contribution in [0.2, 0.25) is 0 Å². The number of rotatable bonds is 3. The highest BCUT2D eigenvalue weighted by Crippen LogP contribution is 2.19. The lowest BCUT2D eigenvalue weighted by molar-refractivity contribution is 0.575. The lowest BCUT2D eigenvalue weighted by Crippen LogP contribution is -1.93. The maximum Gasteiger partial charge on any atom is 0.129 e. The number of nitrogens with zero attached hydrogens (tertiary/aromatic N) is 1. The number of aromatic nitrogens is 1. The molecular formula is C11H10F2N2S. The van der Waals surface area contributed by atoms with Crippen molar-refractivity contribution in [1.29, 1.82) is 0 Å². The van der Waals surface area contributed by atoms with E-state index in [4.69, 9.17) is 5.73 Å². The smallest absolute Gasteiger partial charge is 0.129 e. The van der Waals surface area contributed by atoms with Gasteiger partial charge in [0.2, 0.25) is 0 Å². The average molecular weight is 240 g/mol. The molecule has 2 nitrogen and oxygen atoms in total. The first-order valence-electron chi connectivity index (χ1n) is 4.76. The Morgan fingerprint density at radius 1 is 1.31 bits per heavy atom. The van der Waals surface area contributed by atoms with Crippen molar-refractivity contribution in [3.8, 4) is 0 Å². The minimum absolute atomic E-state index is 0.385. The van der Waals surface area contributed by atoms with Crippen LogP contribution in [0.3, 0.4) is 0 Å². The van der Waals surface area contributed by atoms with Gasteiger partial charge in [-0.15, -0.1) is 11.3 Å². The van der Waals surface area contributed by atoms with Crippen LogP contribution in [0.5, 0.6) is 0 Å². The van der Waals surface area contributed by atoms with Crippen LogP contribution < -0.4 is 5.73 Å². The molecule has 0 amide bonds. The van der Waals surface area contributed by atoms with Crippen molar-refractivity contribution in [3.63, 3.8) is 0 Å². The fourth-order valence-electron chi connectivity index (χ4n) is 1.38. The molecule has 0 saturated carbocycles. The zero-order valence-corrected chi connectivity index (χ0v) is 9.23. The van der Waals surface area contributed by atoms with Crippen LogP contribution in [0.1, 0.15) is 15.4 Å². The predicted octanol–water partition coefficient (Wildman–Crippen LogP) is 2.47. The summed E-state index contributed by atoms with van der Waals surface area (Å²) < 4.78 is 26.0. The van der Waals surface area contributed by atoms with Gasteiger partial charge in [-0.2, -0.15) is 0 Å². The lowest BCUT2D eigenvalue weighted by atomic mass is 10.1. The Bertz CT molecular complexity index is 496. The Balaban J connectivity index is 2.20. The number of halogens is 2. The molecule has 0 atom stereocenters. The van der Waals surface area contributed by atoms with Crippen LogP contribution in [0.4, 0.5) is 8.78 Å². The summed E-state index contributed by atoms with van der Waals surface area (Å²) in [6, 6.07) is 3.59. The molecule has 0 aliphatic carbocycles. The number of hydrogen-bond donors (Lipinski definition) is 1. The molecule has 1 aromatic carbocycles. The molecule has 0 aliphatic rings. The first kappa shape index (κ1) is 11.2. The van der Waals surface area contributed by atoms with Crippen molar-refractivity contribution in [1.82, 2.24) is 4.98 Å². The summed E-state index contributed by atoms with van der Waals surface area (Å²) in [7, 11) is 0. The van der Waals surface area contributed by atoms with Gasteiger partial charge < -0.3 is 5.73 Å². The first-order chi connectivity index (χ1) is 7.69. The van der Waals surface area contributed by atoms with E-state index in [1.165, 1.54) is 23.5 Å². The fraction of sp³-hybridized carbons (Fsp3) is 0.182. The van der Waals surface area contributed by atoms with Crippen LogP contribution >= 0.6 is 11.3 Å². The summed E-state index contributed by atoms with van der Waals surface area (Å²) in [5.41, 5.74) is 5.90. The second-order valence-electron chi connectivity index (χ2n) is 3.34. The highest BCUT2D eigenvalue weighted by atomic mass is 32.1. The third kappa shape index (κ3) is 2.43. The maximum absolute atomic E-state index is 13.3. The normalized spacial score (nSPS) is 10.7. The molecule has 0 bridgehead atoms. The molecular weight excluding hydrogens is 230 g/mol. The van der Waals surface area contributed by atoms with E-state index in [1.54, 1.807) is 6.20 Å². The molecule has 0 radical (unpaired) electrons. The standard InChI is InChI=1S/C11H10F2N2S/c12-8-2-1-7(10(13)4-8)3-9-6-15-11(5-14)16-9/h1-2,4,6H,3,5,14H2. The van der Waals surface area contributed by atoms with Gasteiger partial charge in [0.15, 0.2) is 0 Å². The third-order valence-electron chi connectivity index (χ3n) is 2.16. The first-order valence-corrected chi connectivity index (χ1v) is 5.58. The molecule has 0 spiro atoms. The fourth-order valence-corrected chi connectivity index (χ4v) is 2.20. The van der Waals surface area contributed by atoms with Crippen LogP contribution in [-0.4, -0.2) is 4.98 Å². The van der Waals surface area contributed by atoms with E-state index in [9.17, 15) is 8.78 Å². The van der Waals surface area contributed by atoms with Gasteiger partial charge in [-0.05, 0) is 11.6 Å².